The molecule has 0 fully saturated rings. The molecular formula is H32O6Si5. The first-order chi connectivity index (χ1) is 0. The van der Waals surface area contributed by atoms with E-state index in [4.69, 9.17) is 0 Å². The smallest absolute Gasteiger partial charge is 0.0149 e. The van der Waals surface area contributed by atoms with E-state index in [1.807, 2.05) is 0 Å². The Bertz CT molecular complexity index is 10.9. The van der Waals surface area contributed by atoms with Crippen molar-refractivity contribution in [1.82, 2.24) is 0 Å². The van der Waals surface area contributed by atoms with Gasteiger partial charge in [-0.15, -0.1) is 0 Å². The first-order valence-electron chi connectivity index (χ1n) is 0. The average Bonchev–Trinajstić information content (AvgIpc) is 0. The Kier molecular flexibility index (Phi) is 262000. The molecule has 11 heavy (non-hydrogen) atoms. The third-order valence-corrected chi connectivity index (χ3v) is 0. The Labute approximate surface area is 88.1 Å². The van der Waals surface area contributed by atoms with E-state index < -0.39 is 0 Å². The molecule has 0 rings (SSSR count). The Balaban J connectivity index is 0. The summed E-state index contributed by atoms with van der Waals surface area (Å²) in [6.07, 6.45) is 0. The molecule has 0 bridgehead atoms. The molecular weight excluding hydrogens is 236 g/mol. The Hall–Kier alpha value is 0.844. The number of hydrogen-bond acceptors (Lipinski definition) is 0. The predicted molar refractivity (Wildman–Crippen MR) is 78.4 cm³/mol. The summed E-state index contributed by atoms with van der Waals surface area (Å²) in [5, 5.41) is 0. The van der Waals surface area contributed by atoms with Crippen LogP contribution >= 0.6 is 0 Å². The second-order valence-corrected chi connectivity index (χ2v) is 0. The molecule has 11 heteroatoms. The molecule has 0 spiro atoms. The van der Waals surface area contributed by atoms with Crippen LogP contribution in [-0.2, 0) is 0 Å². The van der Waals surface area contributed by atoms with Gasteiger partial charge in [0.2, 0.25) is 0 Å². The minimum absolute atomic E-state index is 0. The van der Waals surface area contributed by atoms with Gasteiger partial charge in [0.25, 0.3) is 0 Å². The van der Waals surface area contributed by atoms with Gasteiger partial charge in [0.15, 0.2) is 0 Å². The van der Waals surface area contributed by atoms with Crippen LogP contribution in [0.1, 0.15) is 0 Å². The highest BCUT2D eigenvalue weighted by Gasteiger charge is -0.0108. The van der Waals surface area contributed by atoms with Crippen molar-refractivity contribution in [2.45, 2.75) is 0 Å². The lowest BCUT2D eigenvalue weighted by Crippen LogP contribution is -0.382. The highest BCUT2D eigenvalue weighted by Crippen LogP contribution is -0.284. The molecule has 0 aliphatic heterocycles. The monoisotopic (exact) mass is 268 g/mol. The van der Waals surface area contributed by atoms with Gasteiger partial charge in [-0.05, 0) is 54.8 Å². The Morgan fingerprint density at radius 1 is 0.182 bits per heavy atom. The van der Waals surface area contributed by atoms with Crippen molar-refractivity contribution in [3.63, 3.8) is 0 Å². The van der Waals surface area contributed by atoms with Crippen molar-refractivity contribution < 1.29 is 32.9 Å². The van der Waals surface area contributed by atoms with Crippen LogP contribution in [0.5, 0.6) is 0 Å². The molecule has 0 heterocycles. The lowest BCUT2D eigenvalue weighted by atomic mass is 16.0. The molecule has 0 aromatic rings. The SMILES string of the molecule is O.O.O.O.O.O.[SiH4].[SiH4].[SiH4].[SiH4].[SiH4]. The molecule has 6 nitrogen and oxygen atoms in total. The summed E-state index contributed by atoms with van der Waals surface area (Å²) in [5.74, 6) is 0. The van der Waals surface area contributed by atoms with Crippen LogP contribution in [0.3, 0.4) is 0 Å². The van der Waals surface area contributed by atoms with Gasteiger partial charge < -0.3 is 32.9 Å². The molecule has 0 atom stereocenters. The molecule has 12 N–H and O–H groups in total. The maximum absolute atomic E-state index is 0. The Morgan fingerprint density at radius 2 is 0.182 bits per heavy atom. The fraction of sp³-hybridized carbons (Fsp3) is 0. The molecule has 0 saturated heterocycles. The van der Waals surface area contributed by atoms with Crippen molar-refractivity contribution in [1.29, 1.82) is 0 Å². The maximum Gasteiger partial charge on any atom is -0.0149 e. The summed E-state index contributed by atoms with van der Waals surface area (Å²) >= 11 is 0. The highest BCUT2D eigenvalue weighted by atomic mass is 28.1. The van der Waals surface area contributed by atoms with Gasteiger partial charge in [-0.2, -0.15) is 0 Å². The van der Waals surface area contributed by atoms with Gasteiger partial charge >= 0.3 is 0 Å². The van der Waals surface area contributed by atoms with Crippen molar-refractivity contribution in [3.05, 3.63) is 0 Å². The molecule has 0 aromatic heterocycles. The topological polar surface area (TPSA) is 189 Å². The van der Waals surface area contributed by atoms with E-state index in [2.05, 4.69) is 0 Å². The van der Waals surface area contributed by atoms with Crippen molar-refractivity contribution in [2.75, 3.05) is 0 Å². The predicted octanol–water partition coefficient (Wildman–Crippen LogP) is -12.2. The van der Waals surface area contributed by atoms with E-state index >= 15 is 0 Å². The highest BCUT2D eigenvalue weighted by molar-refractivity contribution is 5.76. The molecule has 88 valence electrons. The standard InChI is InChI=1S/6H2O.5H4Si/h6*1H2;5*1H4. The van der Waals surface area contributed by atoms with Crippen LogP contribution in [-0.4, -0.2) is 87.7 Å². The van der Waals surface area contributed by atoms with Gasteiger partial charge in [0.1, 0.15) is 0 Å². The van der Waals surface area contributed by atoms with E-state index in [0.29, 0.717) is 0 Å². The minimum Gasteiger partial charge on any atom is -0.412 e. The Morgan fingerprint density at radius 3 is 0.182 bits per heavy atom. The first kappa shape index (κ1) is 1950. The minimum atomic E-state index is 0. The second-order valence-electron chi connectivity index (χ2n) is 0. The van der Waals surface area contributed by atoms with Crippen LogP contribution in [0.2, 0.25) is 0 Å². The van der Waals surface area contributed by atoms with E-state index in [-0.39, 0.29) is 87.7 Å². The normalized spacial score (nSPS) is 0. The molecule has 0 radical (unpaired) electrons. The molecule has 0 aromatic carbocycles. The van der Waals surface area contributed by atoms with Gasteiger partial charge in [-0.25, -0.2) is 0 Å². The van der Waals surface area contributed by atoms with E-state index in [9.17, 15) is 0 Å². The number of rotatable bonds is 0. The van der Waals surface area contributed by atoms with Crippen LogP contribution in [0, 0.1) is 0 Å². The van der Waals surface area contributed by atoms with Crippen molar-refractivity contribution in [2.24, 2.45) is 0 Å². The maximum atomic E-state index is 0. The zero-order valence-electron chi connectivity index (χ0n) is 3.00. The van der Waals surface area contributed by atoms with Crippen LogP contribution in [0.15, 0.2) is 0 Å². The summed E-state index contributed by atoms with van der Waals surface area (Å²) in [6.45, 7) is 0. The van der Waals surface area contributed by atoms with Crippen molar-refractivity contribution >= 4 is 54.8 Å². The first-order valence-corrected chi connectivity index (χ1v) is 0. The summed E-state index contributed by atoms with van der Waals surface area (Å²) in [4.78, 5) is 0. The van der Waals surface area contributed by atoms with E-state index in [0.717, 1.165) is 0 Å². The average molecular weight is 269 g/mol. The van der Waals surface area contributed by atoms with Crippen LogP contribution in [0.4, 0.5) is 0 Å². The van der Waals surface area contributed by atoms with Crippen LogP contribution < -0.4 is 0 Å². The second kappa shape index (κ2) is 1470. The fourth-order valence-electron chi connectivity index (χ4n) is 0. The summed E-state index contributed by atoms with van der Waals surface area (Å²) < 4.78 is 0. The van der Waals surface area contributed by atoms with Gasteiger partial charge in [0, 0.05) is 0 Å². The lowest BCUT2D eigenvalue weighted by Gasteiger charge is -0.413. The van der Waals surface area contributed by atoms with Crippen LogP contribution in [0.25, 0.3) is 0 Å². The lowest BCUT2D eigenvalue weighted by molar-refractivity contribution is 0.823. The third kappa shape index (κ3) is 1190. The third-order valence-electron chi connectivity index (χ3n) is 0. The summed E-state index contributed by atoms with van der Waals surface area (Å²) in [6, 6.07) is 0. The summed E-state index contributed by atoms with van der Waals surface area (Å²) in [7, 11) is 0. The quantitative estimate of drug-likeness (QED) is 0.377. The molecule has 0 aliphatic rings. The number of hydrogen-bond donors (Lipinski definition) is 0. The van der Waals surface area contributed by atoms with Gasteiger partial charge in [-0.1, -0.05) is 0 Å². The van der Waals surface area contributed by atoms with Gasteiger partial charge in [-0.3, -0.25) is 0 Å². The molecule has 0 saturated carbocycles. The molecule has 0 amide bonds. The summed E-state index contributed by atoms with van der Waals surface area (Å²) in [5.41, 5.74) is 0. The fourth-order valence-corrected chi connectivity index (χ4v) is 0. The molecule has 0 aliphatic carbocycles. The zero-order chi connectivity index (χ0) is 0. The van der Waals surface area contributed by atoms with Crippen molar-refractivity contribution in [3.8, 4) is 0 Å². The van der Waals surface area contributed by atoms with E-state index in [1.54, 1.807) is 0 Å². The van der Waals surface area contributed by atoms with Gasteiger partial charge in [0.05, 0.1) is 0 Å². The molecule has 0 unspecified atom stereocenters. The largest absolute Gasteiger partial charge is 0.412 e. The van der Waals surface area contributed by atoms with E-state index in [1.165, 1.54) is 0 Å². The zero-order valence-corrected chi connectivity index (χ0v) is 3.00.